The number of sulfonamides is 1. The largest absolute Gasteiger partial charge is 0.353 e. The third-order valence-electron chi connectivity index (χ3n) is 5.51. The predicted molar refractivity (Wildman–Crippen MR) is 119 cm³/mol. The van der Waals surface area contributed by atoms with E-state index in [4.69, 9.17) is 0 Å². The average molecular weight is 440 g/mol. The molecule has 1 aliphatic rings. The van der Waals surface area contributed by atoms with E-state index >= 15 is 0 Å². The molecule has 0 amide bonds. The summed E-state index contributed by atoms with van der Waals surface area (Å²) in [6.45, 7) is 0.881. The molecule has 162 valence electrons. The molecular formula is C22H25N5O3S. The van der Waals surface area contributed by atoms with Gasteiger partial charge in [0.1, 0.15) is 0 Å². The summed E-state index contributed by atoms with van der Waals surface area (Å²) in [6.07, 6.45) is 5.46. The molecule has 1 fully saturated rings. The van der Waals surface area contributed by atoms with Gasteiger partial charge >= 0.3 is 0 Å². The van der Waals surface area contributed by atoms with Gasteiger partial charge in [-0.25, -0.2) is 13.4 Å². The van der Waals surface area contributed by atoms with Gasteiger partial charge in [0.15, 0.2) is 0 Å². The molecule has 1 N–H and O–H groups in total. The molecule has 31 heavy (non-hydrogen) atoms. The van der Waals surface area contributed by atoms with E-state index in [-0.39, 0.29) is 11.6 Å². The fourth-order valence-electron chi connectivity index (χ4n) is 3.72. The Bertz CT molecular complexity index is 1200. The van der Waals surface area contributed by atoms with Gasteiger partial charge in [-0.1, -0.05) is 18.2 Å². The zero-order valence-electron chi connectivity index (χ0n) is 17.3. The second kappa shape index (κ2) is 8.99. The van der Waals surface area contributed by atoms with Crippen LogP contribution >= 0.6 is 0 Å². The van der Waals surface area contributed by atoms with Crippen molar-refractivity contribution in [1.82, 2.24) is 18.8 Å². The van der Waals surface area contributed by atoms with Crippen molar-refractivity contribution in [2.24, 2.45) is 7.05 Å². The molecule has 0 saturated carbocycles. The highest BCUT2D eigenvalue weighted by Gasteiger charge is 2.27. The Kier molecular flexibility index (Phi) is 6.15. The summed E-state index contributed by atoms with van der Waals surface area (Å²) in [5.74, 6) is 0.476. The Morgan fingerprint density at radius 1 is 1.03 bits per heavy atom. The number of pyridine rings is 1. The normalized spacial score (nSPS) is 17.8. The number of anilines is 1. The first-order valence-electron chi connectivity index (χ1n) is 10.3. The lowest BCUT2D eigenvalue weighted by Gasteiger charge is -2.21. The maximum Gasteiger partial charge on any atom is 0.255 e. The molecular weight excluding hydrogens is 414 g/mol. The number of aromatic nitrogens is 3. The molecule has 1 atom stereocenters. The van der Waals surface area contributed by atoms with Crippen LogP contribution < -0.4 is 10.9 Å². The van der Waals surface area contributed by atoms with Crippen molar-refractivity contribution in [3.8, 4) is 11.3 Å². The van der Waals surface area contributed by atoms with Gasteiger partial charge in [-0.2, -0.15) is 4.31 Å². The van der Waals surface area contributed by atoms with Gasteiger partial charge in [0.25, 0.3) is 5.56 Å². The van der Waals surface area contributed by atoms with Crippen molar-refractivity contribution >= 4 is 16.0 Å². The van der Waals surface area contributed by atoms with Crippen LogP contribution in [0.3, 0.4) is 0 Å². The van der Waals surface area contributed by atoms with Crippen molar-refractivity contribution in [2.45, 2.75) is 30.2 Å². The van der Waals surface area contributed by atoms with E-state index in [1.807, 2.05) is 12.1 Å². The molecule has 3 heterocycles. The van der Waals surface area contributed by atoms with Crippen LogP contribution in [0.15, 0.2) is 70.6 Å². The van der Waals surface area contributed by atoms with Crippen molar-refractivity contribution in [1.29, 1.82) is 0 Å². The summed E-state index contributed by atoms with van der Waals surface area (Å²) < 4.78 is 28.9. The molecule has 4 rings (SSSR count). The first-order valence-corrected chi connectivity index (χ1v) is 11.7. The molecule has 1 aliphatic heterocycles. The number of benzene rings is 1. The lowest BCUT2D eigenvalue weighted by Crippen LogP contribution is -2.33. The molecule has 0 radical (unpaired) electrons. The van der Waals surface area contributed by atoms with Crippen LogP contribution in [0, 0.1) is 0 Å². The highest BCUT2D eigenvalue weighted by Crippen LogP contribution is 2.22. The Balaban J connectivity index is 1.51. The van der Waals surface area contributed by atoms with Crippen molar-refractivity contribution in [3.05, 3.63) is 71.3 Å². The topological polar surface area (TPSA) is 97.2 Å². The van der Waals surface area contributed by atoms with Gasteiger partial charge in [-0.3, -0.25) is 14.3 Å². The maximum atomic E-state index is 12.9. The van der Waals surface area contributed by atoms with E-state index in [9.17, 15) is 13.2 Å². The Morgan fingerprint density at radius 2 is 1.77 bits per heavy atom. The van der Waals surface area contributed by atoms with E-state index in [0.29, 0.717) is 36.0 Å². The molecule has 2 aromatic heterocycles. The SMILES string of the molecule is Cn1c(NC2CCCN(S(=O)(=O)c3ccccc3)CC2)nc(-c2ccncc2)cc1=O. The number of rotatable bonds is 5. The first-order chi connectivity index (χ1) is 14.9. The Morgan fingerprint density at radius 3 is 2.52 bits per heavy atom. The second-order valence-corrected chi connectivity index (χ2v) is 9.53. The minimum absolute atomic E-state index is 0.0155. The summed E-state index contributed by atoms with van der Waals surface area (Å²) in [4.78, 5) is 21.4. The number of hydrogen-bond donors (Lipinski definition) is 1. The van der Waals surface area contributed by atoms with E-state index in [1.54, 1.807) is 54.1 Å². The summed E-state index contributed by atoms with van der Waals surface area (Å²) in [6, 6.07) is 13.7. The molecule has 0 spiro atoms. The molecule has 1 saturated heterocycles. The summed E-state index contributed by atoms with van der Waals surface area (Å²) in [5.41, 5.74) is 1.23. The molecule has 3 aromatic rings. The van der Waals surface area contributed by atoms with Gasteiger partial charge in [0, 0.05) is 50.2 Å². The summed E-state index contributed by atoms with van der Waals surface area (Å²) in [7, 11) is -1.83. The van der Waals surface area contributed by atoms with E-state index in [2.05, 4.69) is 15.3 Å². The Labute approximate surface area is 181 Å². The lowest BCUT2D eigenvalue weighted by atomic mass is 10.1. The van der Waals surface area contributed by atoms with Crippen LogP contribution in [-0.2, 0) is 17.1 Å². The van der Waals surface area contributed by atoms with Gasteiger partial charge in [0.05, 0.1) is 10.6 Å². The smallest absolute Gasteiger partial charge is 0.255 e. The maximum absolute atomic E-state index is 12.9. The average Bonchev–Trinajstić information content (AvgIpc) is 3.04. The second-order valence-electron chi connectivity index (χ2n) is 7.59. The van der Waals surface area contributed by atoms with Crippen LogP contribution in [0.4, 0.5) is 5.95 Å². The minimum atomic E-state index is -3.51. The van der Waals surface area contributed by atoms with Crippen molar-refractivity contribution in [3.63, 3.8) is 0 Å². The molecule has 0 aliphatic carbocycles. The minimum Gasteiger partial charge on any atom is -0.353 e. The fraction of sp³-hybridized carbons (Fsp3) is 0.318. The zero-order valence-corrected chi connectivity index (χ0v) is 18.1. The standard InChI is InChI=1S/C22H25N5O3S/c1-26-21(28)16-20(17-9-12-23-13-10-17)25-22(26)24-18-6-5-14-27(15-11-18)31(29,30)19-7-3-2-4-8-19/h2-4,7-10,12-13,16,18H,5-6,11,14-15H2,1H3,(H,24,25). The third kappa shape index (κ3) is 4.67. The monoisotopic (exact) mass is 439 g/mol. The summed E-state index contributed by atoms with van der Waals surface area (Å²) >= 11 is 0. The van der Waals surface area contributed by atoms with Crippen molar-refractivity contribution in [2.75, 3.05) is 18.4 Å². The highest BCUT2D eigenvalue weighted by molar-refractivity contribution is 7.89. The zero-order chi connectivity index (χ0) is 21.8. The van der Waals surface area contributed by atoms with Crippen LogP contribution in [0.2, 0.25) is 0 Å². The predicted octanol–water partition coefficient (Wildman–Crippen LogP) is 2.50. The first kappa shape index (κ1) is 21.2. The highest BCUT2D eigenvalue weighted by atomic mass is 32.2. The van der Waals surface area contributed by atoms with Gasteiger partial charge in [0.2, 0.25) is 16.0 Å². The molecule has 1 aromatic carbocycles. The molecule has 0 bridgehead atoms. The number of hydrogen-bond acceptors (Lipinski definition) is 6. The lowest BCUT2D eigenvalue weighted by molar-refractivity contribution is 0.422. The quantitative estimate of drug-likeness (QED) is 0.656. The van der Waals surface area contributed by atoms with Gasteiger partial charge in [-0.15, -0.1) is 0 Å². The van der Waals surface area contributed by atoms with Gasteiger partial charge in [-0.05, 0) is 43.5 Å². The van der Waals surface area contributed by atoms with Crippen LogP contribution in [0.25, 0.3) is 11.3 Å². The Hall–Kier alpha value is -3.04. The molecule has 9 heteroatoms. The third-order valence-corrected chi connectivity index (χ3v) is 7.43. The fourth-order valence-corrected chi connectivity index (χ4v) is 5.23. The van der Waals surface area contributed by atoms with Crippen molar-refractivity contribution < 1.29 is 8.42 Å². The van der Waals surface area contributed by atoms with Crippen LogP contribution in [-0.4, -0.2) is 46.4 Å². The van der Waals surface area contributed by atoms with Crippen LogP contribution in [0.5, 0.6) is 0 Å². The van der Waals surface area contributed by atoms with E-state index in [1.165, 1.54) is 10.6 Å². The van der Waals surface area contributed by atoms with Crippen LogP contribution in [0.1, 0.15) is 19.3 Å². The van der Waals surface area contributed by atoms with E-state index < -0.39 is 10.0 Å². The molecule has 1 unspecified atom stereocenters. The van der Waals surface area contributed by atoms with Gasteiger partial charge < -0.3 is 5.32 Å². The van der Waals surface area contributed by atoms with E-state index in [0.717, 1.165) is 18.4 Å². The number of nitrogens with zero attached hydrogens (tertiary/aromatic N) is 4. The summed E-state index contributed by atoms with van der Waals surface area (Å²) in [5, 5.41) is 3.37. The molecule has 8 nitrogen and oxygen atoms in total. The number of nitrogens with one attached hydrogen (secondary N) is 1.